The number of hydrogen-bond acceptors (Lipinski definition) is 4. The summed E-state index contributed by atoms with van der Waals surface area (Å²) in [6.45, 7) is 4.53. The number of nitrogens with one attached hydrogen (secondary N) is 2. The molecule has 1 aromatic rings. The van der Waals surface area contributed by atoms with Gasteiger partial charge in [-0.1, -0.05) is 0 Å². The lowest BCUT2D eigenvalue weighted by Crippen LogP contribution is -2.40. The van der Waals surface area contributed by atoms with Crippen LogP contribution in [0.25, 0.3) is 5.57 Å². The summed E-state index contributed by atoms with van der Waals surface area (Å²) in [4.78, 5) is 29.6. The fraction of sp³-hybridized carbons (Fsp3) is 0.429. The van der Waals surface area contributed by atoms with E-state index in [2.05, 4.69) is 15.2 Å². The smallest absolute Gasteiger partial charge is 0.184 e. The van der Waals surface area contributed by atoms with Crippen molar-refractivity contribution in [1.29, 1.82) is 0 Å². The van der Waals surface area contributed by atoms with E-state index in [1.807, 2.05) is 13.1 Å². The summed E-state index contributed by atoms with van der Waals surface area (Å²) in [6.07, 6.45) is 4.64. The number of likely N-dealkylation sites (tertiary alicyclic amines) is 1. The number of aromatic nitrogens is 1. The largest absolute Gasteiger partial charge is 0.383 e. The highest BCUT2D eigenvalue weighted by Gasteiger charge is 2.26. The highest BCUT2D eigenvalue weighted by atomic mass is 16.1. The molecule has 0 saturated carbocycles. The number of Topliss-reactive ketones (excluding diaryl/α,β-unsaturated/α-hetero) is 2. The fourth-order valence-corrected chi connectivity index (χ4v) is 2.53. The van der Waals surface area contributed by atoms with Gasteiger partial charge in [0.25, 0.3) is 0 Å². The van der Waals surface area contributed by atoms with E-state index in [1.54, 1.807) is 6.20 Å². The van der Waals surface area contributed by atoms with E-state index in [1.165, 1.54) is 0 Å². The number of hydrogen-bond donors (Lipinski definition) is 2. The SMILES string of the molecule is CC1=CNCC(=O)c2c(C(=O)CN3CCC3)c[nH]c21. The number of rotatable bonds is 3. The van der Waals surface area contributed by atoms with Gasteiger partial charge in [-0.2, -0.15) is 0 Å². The maximum absolute atomic E-state index is 12.3. The Labute approximate surface area is 111 Å². The summed E-state index contributed by atoms with van der Waals surface area (Å²) in [5.41, 5.74) is 2.79. The Hall–Kier alpha value is -1.88. The van der Waals surface area contributed by atoms with Gasteiger partial charge in [-0.05, 0) is 32.0 Å². The topological polar surface area (TPSA) is 65.2 Å². The van der Waals surface area contributed by atoms with Crippen LogP contribution in [0.2, 0.25) is 0 Å². The first-order chi connectivity index (χ1) is 9.16. The molecule has 1 saturated heterocycles. The number of ketones is 2. The molecule has 0 aliphatic carbocycles. The molecular formula is C14H17N3O2. The van der Waals surface area contributed by atoms with E-state index in [0.29, 0.717) is 17.7 Å². The minimum absolute atomic E-state index is 0.0280. The molecular weight excluding hydrogens is 242 g/mol. The van der Waals surface area contributed by atoms with Gasteiger partial charge in [0.15, 0.2) is 11.6 Å². The second kappa shape index (κ2) is 4.66. The Morgan fingerprint density at radius 1 is 1.42 bits per heavy atom. The fourth-order valence-electron chi connectivity index (χ4n) is 2.53. The van der Waals surface area contributed by atoms with Gasteiger partial charge < -0.3 is 10.3 Å². The van der Waals surface area contributed by atoms with E-state index in [-0.39, 0.29) is 18.1 Å². The van der Waals surface area contributed by atoms with E-state index in [0.717, 1.165) is 30.8 Å². The Kier molecular flexibility index (Phi) is 2.98. The standard InChI is InChI=1S/C14H17N3O2/c1-9-5-15-7-11(18)13-10(6-16-14(9)13)12(19)8-17-3-2-4-17/h5-6,15-16H,2-4,7-8H2,1H3. The molecule has 0 unspecified atom stereocenters. The van der Waals surface area contributed by atoms with Gasteiger partial charge in [0.2, 0.25) is 0 Å². The average molecular weight is 259 g/mol. The van der Waals surface area contributed by atoms with E-state index in [9.17, 15) is 9.59 Å². The molecule has 1 aromatic heterocycles. The number of allylic oxidation sites excluding steroid dienone is 1. The molecule has 5 heteroatoms. The number of carbonyl (C=O) groups is 2. The molecule has 1 fully saturated rings. The molecule has 0 amide bonds. The Morgan fingerprint density at radius 2 is 2.21 bits per heavy atom. The van der Waals surface area contributed by atoms with Crippen LogP contribution in [-0.4, -0.2) is 47.6 Å². The van der Waals surface area contributed by atoms with Crippen LogP contribution in [0.15, 0.2) is 12.4 Å². The maximum Gasteiger partial charge on any atom is 0.184 e. The number of H-pyrrole nitrogens is 1. The zero-order valence-corrected chi connectivity index (χ0v) is 11.0. The Bertz CT molecular complexity index is 567. The van der Waals surface area contributed by atoms with Gasteiger partial charge >= 0.3 is 0 Å². The summed E-state index contributed by atoms with van der Waals surface area (Å²) >= 11 is 0. The quantitative estimate of drug-likeness (QED) is 0.796. The summed E-state index contributed by atoms with van der Waals surface area (Å²) in [5.74, 6) is -0.00319. The van der Waals surface area contributed by atoms with Crippen LogP contribution in [0.4, 0.5) is 0 Å². The highest BCUT2D eigenvalue weighted by Crippen LogP contribution is 2.24. The van der Waals surface area contributed by atoms with Gasteiger partial charge in [0.1, 0.15) is 0 Å². The van der Waals surface area contributed by atoms with Crippen LogP contribution in [0.1, 0.15) is 39.8 Å². The van der Waals surface area contributed by atoms with Gasteiger partial charge in [-0.25, -0.2) is 0 Å². The van der Waals surface area contributed by atoms with Crippen molar-refractivity contribution in [2.75, 3.05) is 26.2 Å². The Balaban J connectivity index is 1.93. The van der Waals surface area contributed by atoms with E-state index in [4.69, 9.17) is 0 Å². The van der Waals surface area contributed by atoms with Gasteiger partial charge in [-0.15, -0.1) is 0 Å². The second-order valence-electron chi connectivity index (χ2n) is 5.14. The Morgan fingerprint density at radius 3 is 2.89 bits per heavy atom. The van der Waals surface area contributed by atoms with Crippen molar-refractivity contribution in [3.63, 3.8) is 0 Å². The number of fused-ring (bicyclic) bond motifs is 1. The second-order valence-corrected chi connectivity index (χ2v) is 5.14. The van der Waals surface area contributed by atoms with E-state index < -0.39 is 0 Å². The molecule has 0 spiro atoms. The first kappa shape index (κ1) is 12.2. The van der Waals surface area contributed by atoms with Gasteiger partial charge in [-0.3, -0.25) is 14.5 Å². The van der Waals surface area contributed by atoms with Crippen molar-refractivity contribution in [1.82, 2.24) is 15.2 Å². The van der Waals surface area contributed by atoms with Crippen LogP contribution < -0.4 is 5.32 Å². The molecule has 100 valence electrons. The zero-order valence-electron chi connectivity index (χ0n) is 11.0. The van der Waals surface area contributed by atoms with Crippen molar-refractivity contribution >= 4 is 17.1 Å². The lowest BCUT2D eigenvalue weighted by Gasteiger charge is -2.29. The van der Waals surface area contributed by atoms with Crippen molar-refractivity contribution in [2.24, 2.45) is 0 Å². The molecule has 0 atom stereocenters. The van der Waals surface area contributed by atoms with Crippen molar-refractivity contribution < 1.29 is 9.59 Å². The van der Waals surface area contributed by atoms with Gasteiger partial charge in [0, 0.05) is 18.0 Å². The molecule has 0 aromatic carbocycles. The first-order valence-electron chi connectivity index (χ1n) is 6.57. The third-order valence-corrected chi connectivity index (χ3v) is 3.75. The molecule has 3 rings (SSSR count). The molecule has 5 nitrogen and oxygen atoms in total. The lowest BCUT2D eigenvalue weighted by molar-refractivity contribution is 0.0867. The maximum atomic E-state index is 12.3. The van der Waals surface area contributed by atoms with Crippen LogP contribution >= 0.6 is 0 Å². The molecule has 2 N–H and O–H groups in total. The predicted octanol–water partition coefficient (Wildman–Crippen LogP) is 1.05. The highest BCUT2D eigenvalue weighted by molar-refractivity contribution is 6.13. The minimum atomic E-state index is -0.0312. The third kappa shape index (κ3) is 2.10. The van der Waals surface area contributed by atoms with E-state index >= 15 is 0 Å². The molecule has 19 heavy (non-hydrogen) atoms. The molecule has 2 aliphatic heterocycles. The van der Waals surface area contributed by atoms with Crippen LogP contribution in [0, 0.1) is 0 Å². The number of carbonyl (C=O) groups excluding carboxylic acids is 2. The van der Waals surface area contributed by atoms with Crippen LogP contribution in [0.3, 0.4) is 0 Å². The normalized spacial score (nSPS) is 19.0. The molecule has 2 aliphatic rings. The van der Waals surface area contributed by atoms with Crippen molar-refractivity contribution in [3.8, 4) is 0 Å². The van der Waals surface area contributed by atoms with Crippen molar-refractivity contribution in [3.05, 3.63) is 29.2 Å². The summed E-state index contributed by atoms with van der Waals surface area (Å²) in [7, 11) is 0. The van der Waals surface area contributed by atoms with Crippen molar-refractivity contribution in [2.45, 2.75) is 13.3 Å². The summed E-state index contributed by atoms with van der Waals surface area (Å²) < 4.78 is 0. The minimum Gasteiger partial charge on any atom is -0.383 e. The molecule has 0 radical (unpaired) electrons. The van der Waals surface area contributed by atoms with Crippen LogP contribution in [0.5, 0.6) is 0 Å². The number of nitrogens with zero attached hydrogens (tertiary/aromatic N) is 1. The predicted molar refractivity (Wildman–Crippen MR) is 72.2 cm³/mol. The zero-order chi connectivity index (χ0) is 13.4. The summed E-state index contributed by atoms with van der Waals surface area (Å²) in [6, 6.07) is 0. The molecule has 0 bridgehead atoms. The monoisotopic (exact) mass is 259 g/mol. The lowest BCUT2D eigenvalue weighted by atomic mass is 10.00. The third-order valence-electron chi connectivity index (χ3n) is 3.75. The van der Waals surface area contributed by atoms with Gasteiger partial charge in [0.05, 0.1) is 24.3 Å². The summed E-state index contributed by atoms with van der Waals surface area (Å²) in [5, 5.41) is 2.96. The first-order valence-corrected chi connectivity index (χ1v) is 6.57. The number of aromatic amines is 1. The average Bonchev–Trinajstić information content (AvgIpc) is 2.72. The van der Waals surface area contributed by atoms with Crippen LogP contribution in [-0.2, 0) is 0 Å². The molecule has 3 heterocycles.